The second kappa shape index (κ2) is 12.0. The van der Waals surface area contributed by atoms with E-state index in [1.54, 1.807) is 13.0 Å². The van der Waals surface area contributed by atoms with Crippen LogP contribution in [0.2, 0.25) is 0 Å². The molecule has 1 aliphatic carbocycles. The van der Waals surface area contributed by atoms with Crippen LogP contribution in [-0.2, 0) is 14.3 Å². The van der Waals surface area contributed by atoms with Gasteiger partial charge in [0.15, 0.2) is 0 Å². The molecule has 1 saturated heterocycles. The van der Waals surface area contributed by atoms with Crippen molar-refractivity contribution < 1.29 is 29.2 Å². The standard InChI is InChI=1S/C25H34O6/c1-2-29-25(28)10-6-7-18-11-13-22-21(23(27)15-24(22)31-16-18)14-12-19(26)17-30-20-8-4-3-5-9-20/h3-6,8-10,12,14,18-19,21-24,26-27H,2,7,11,13,15-17H2,1H3/b10-6+,14-12+/t18-,19+,21+,22+,23+,24-/m0/s1. The number of rotatable bonds is 9. The van der Waals surface area contributed by atoms with Crippen molar-refractivity contribution in [3.05, 3.63) is 54.6 Å². The molecule has 170 valence electrons. The summed E-state index contributed by atoms with van der Waals surface area (Å²) in [6, 6.07) is 9.39. The van der Waals surface area contributed by atoms with Gasteiger partial charge in [-0.15, -0.1) is 0 Å². The second-order valence-corrected chi connectivity index (χ2v) is 8.33. The first-order chi connectivity index (χ1) is 15.1. The van der Waals surface area contributed by atoms with Gasteiger partial charge in [-0.05, 0) is 50.2 Å². The maximum Gasteiger partial charge on any atom is 0.330 e. The van der Waals surface area contributed by atoms with E-state index in [9.17, 15) is 15.0 Å². The highest BCUT2D eigenvalue weighted by Crippen LogP contribution is 2.41. The zero-order chi connectivity index (χ0) is 22.1. The Labute approximate surface area is 184 Å². The normalized spacial score (nSPS) is 29.6. The molecule has 1 heterocycles. The van der Waals surface area contributed by atoms with Gasteiger partial charge in [-0.2, -0.15) is 0 Å². The Morgan fingerprint density at radius 3 is 2.87 bits per heavy atom. The summed E-state index contributed by atoms with van der Waals surface area (Å²) in [4.78, 5) is 11.4. The number of esters is 1. The molecule has 6 atom stereocenters. The summed E-state index contributed by atoms with van der Waals surface area (Å²) in [5.74, 6) is 0.953. The Kier molecular flexibility index (Phi) is 9.13. The van der Waals surface area contributed by atoms with Crippen LogP contribution >= 0.6 is 0 Å². The van der Waals surface area contributed by atoms with Gasteiger partial charge in [0.2, 0.25) is 0 Å². The Balaban J connectivity index is 1.48. The summed E-state index contributed by atoms with van der Waals surface area (Å²) in [7, 11) is 0. The minimum atomic E-state index is -0.737. The summed E-state index contributed by atoms with van der Waals surface area (Å²) in [5, 5.41) is 20.8. The number of fused-ring (bicyclic) bond motifs is 1. The van der Waals surface area contributed by atoms with Crippen LogP contribution in [0.4, 0.5) is 0 Å². The van der Waals surface area contributed by atoms with Crippen molar-refractivity contribution >= 4 is 5.97 Å². The molecular formula is C25H34O6. The predicted octanol–water partition coefficient (Wildman–Crippen LogP) is 3.28. The third-order valence-electron chi connectivity index (χ3n) is 6.07. The van der Waals surface area contributed by atoms with E-state index in [0.29, 0.717) is 25.6 Å². The molecule has 0 radical (unpaired) electrons. The van der Waals surface area contributed by atoms with Gasteiger partial charge in [-0.25, -0.2) is 4.79 Å². The lowest BCUT2D eigenvalue weighted by Gasteiger charge is -2.21. The number of aliphatic hydroxyl groups is 2. The molecule has 2 aliphatic rings. The Bertz CT molecular complexity index is 731. The molecular weight excluding hydrogens is 396 g/mol. The summed E-state index contributed by atoms with van der Waals surface area (Å²) in [6.45, 7) is 2.97. The monoisotopic (exact) mass is 430 g/mol. The van der Waals surface area contributed by atoms with Crippen LogP contribution in [0.5, 0.6) is 5.75 Å². The van der Waals surface area contributed by atoms with Crippen molar-refractivity contribution in [1.82, 2.24) is 0 Å². The summed E-state index contributed by atoms with van der Waals surface area (Å²) in [6.07, 6.45) is 9.15. The highest BCUT2D eigenvalue weighted by atomic mass is 16.5. The Morgan fingerprint density at radius 1 is 1.29 bits per heavy atom. The van der Waals surface area contributed by atoms with Crippen molar-refractivity contribution in [3.8, 4) is 5.75 Å². The fourth-order valence-corrected chi connectivity index (χ4v) is 4.46. The topological polar surface area (TPSA) is 85.2 Å². The largest absolute Gasteiger partial charge is 0.491 e. The van der Waals surface area contributed by atoms with Crippen molar-refractivity contribution in [2.75, 3.05) is 19.8 Å². The van der Waals surface area contributed by atoms with Gasteiger partial charge < -0.3 is 24.4 Å². The molecule has 0 aromatic heterocycles. The van der Waals surface area contributed by atoms with E-state index in [2.05, 4.69) is 0 Å². The van der Waals surface area contributed by atoms with Crippen LogP contribution in [0.25, 0.3) is 0 Å². The van der Waals surface area contributed by atoms with Crippen molar-refractivity contribution in [2.24, 2.45) is 17.8 Å². The van der Waals surface area contributed by atoms with E-state index in [1.807, 2.05) is 42.5 Å². The Morgan fingerprint density at radius 2 is 2.10 bits per heavy atom. The van der Waals surface area contributed by atoms with Crippen LogP contribution in [0.15, 0.2) is 54.6 Å². The highest BCUT2D eigenvalue weighted by molar-refractivity contribution is 5.81. The highest BCUT2D eigenvalue weighted by Gasteiger charge is 2.43. The van der Waals surface area contributed by atoms with Gasteiger partial charge in [-0.1, -0.05) is 36.4 Å². The lowest BCUT2D eigenvalue weighted by atomic mass is 9.86. The Hall–Kier alpha value is -2.15. The van der Waals surface area contributed by atoms with Gasteiger partial charge in [0, 0.05) is 18.4 Å². The summed E-state index contributed by atoms with van der Waals surface area (Å²) < 4.78 is 16.6. The molecule has 0 amide bonds. The summed E-state index contributed by atoms with van der Waals surface area (Å²) >= 11 is 0. The van der Waals surface area contributed by atoms with Crippen molar-refractivity contribution in [3.63, 3.8) is 0 Å². The van der Waals surface area contributed by atoms with Gasteiger partial charge in [0.05, 0.1) is 25.4 Å². The number of hydrogen-bond acceptors (Lipinski definition) is 6. The third-order valence-corrected chi connectivity index (χ3v) is 6.07. The SMILES string of the molecule is CCOC(=O)/C=C/C[C@H]1CC[C@@H]2[C@@H](/C=C/[C@@H](O)COc3ccccc3)[C@H](O)C[C@@H]2OC1. The molecule has 2 N–H and O–H groups in total. The number of benzene rings is 1. The van der Waals surface area contributed by atoms with E-state index in [1.165, 1.54) is 6.08 Å². The second-order valence-electron chi connectivity index (χ2n) is 8.33. The number of allylic oxidation sites excluding steroid dienone is 1. The molecule has 1 aromatic carbocycles. The van der Waals surface area contributed by atoms with Crippen LogP contribution in [-0.4, -0.2) is 54.3 Å². The number of aliphatic hydroxyl groups excluding tert-OH is 2. The predicted molar refractivity (Wildman–Crippen MR) is 118 cm³/mol. The number of carbonyl (C=O) groups is 1. The van der Waals surface area contributed by atoms with E-state index in [-0.39, 0.29) is 30.5 Å². The first-order valence-electron chi connectivity index (χ1n) is 11.2. The molecule has 3 rings (SSSR count). The van der Waals surface area contributed by atoms with E-state index in [4.69, 9.17) is 14.2 Å². The molecule has 1 aromatic rings. The minimum absolute atomic E-state index is 0.0291. The van der Waals surface area contributed by atoms with E-state index in [0.717, 1.165) is 25.0 Å². The molecule has 2 fully saturated rings. The maximum absolute atomic E-state index is 11.4. The van der Waals surface area contributed by atoms with Gasteiger partial charge in [0.1, 0.15) is 18.5 Å². The molecule has 6 nitrogen and oxygen atoms in total. The first-order valence-corrected chi connectivity index (χ1v) is 11.2. The molecule has 0 unspecified atom stereocenters. The van der Waals surface area contributed by atoms with E-state index >= 15 is 0 Å². The van der Waals surface area contributed by atoms with Crippen LogP contribution in [0, 0.1) is 17.8 Å². The molecule has 6 heteroatoms. The van der Waals surface area contributed by atoms with E-state index < -0.39 is 12.2 Å². The molecule has 31 heavy (non-hydrogen) atoms. The molecule has 1 aliphatic heterocycles. The van der Waals surface area contributed by atoms with Gasteiger partial charge >= 0.3 is 5.97 Å². The quantitative estimate of drug-likeness (QED) is 0.355. The zero-order valence-corrected chi connectivity index (χ0v) is 18.1. The van der Waals surface area contributed by atoms with Crippen LogP contribution < -0.4 is 4.74 Å². The summed E-state index contributed by atoms with van der Waals surface area (Å²) in [5.41, 5.74) is 0. The van der Waals surface area contributed by atoms with Gasteiger partial charge in [0.25, 0.3) is 0 Å². The lowest BCUT2D eigenvalue weighted by Crippen LogP contribution is -2.22. The number of carbonyl (C=O) groups excluding carboxylic acids is 1. The minimum Gasteiger partial charge on any atom is -0.491 e. The number of hydrogen-bond donors (Lipinski definition) is 2. The van der Waals surface area contributed by atoms with Crippen LogP contribution in [0.1, 0.15) is 32.6 Å². The average Bonchev–Trinajstić information content (AvgIpc) is 2.93. The smallest absolute Gasteiger partial charge is 0.330 e. The zero-order valence-electron chi connectivity index (χ0n) is 18.1. The third kappa shape index (κ3) is 7.20. The number of ether oxygens (including phenoxy) is 3. The maximum atomic E-state index is 11.4. The first kappa shape index (κ1) is 23.5. The van der Waals surface area contributed by atoms with Crippen molar-refractivity contribution in [2.45, 2.75) is 50.9 Å². The molecule has 0 spiro atoms. The fourth-order valence-electron chi connectivity index (χ4n) is 4.46. The molecule has 1 saturated carbocycles. The lowest BCUT2D eigenvalue weighted by molar-refractivity contribution is -0.137. The van der Waals surface area contributed by atoms with Crippen molar-refractivity contribution in [1.29, 1.82) is 0 Å². The van der Waals surface area contributed by atoms with Gasteiger partial charge in [-0.3, -0.25) is 0 Å². The van der Waals surface area contributed by atoms with Crippen LogP contribution in [0.3, 0.4) is 0 Å². The number of para-hydroxylation sites is 1. The molecule has 0 bridgehead atoms. The average molecular weight is 431 g/mol. The fraction of sp³-hybridized carbons (Fsp3) is 0.560.